The molecule has 3 aliphatic heterocycles. The average Bonchev–Trinajstić information content (AvgIpc) is 2.94. The second kappa shape index (κ2) is 12.7. The summed E-state index contributed by atoms with van der Waals surface area (Å²) in [5.41, 5.74) is 0.898. The normalized spacial score (nSPS) is 23.1. The van der Waals surface area contributed by atoms with Gasteiger partial charge in [0.25, 0.3) is 0 Å². The quantitative estimate of drug-likeness (QED) is 0.347. The molecule has 12 heteroatoms. The monoisotopic (exact) mass is 632 g/mol. The number of nitrogens with zero attached hydrogens (tertiary/aromatic N) is 4. The number of halogens is 3. The molecular formula is C32H43ClF2N6O3. The fourth-order valence-electron chi connectivity index (χ4n) is 6.08. The van der Waals surface area contributed by atoms with Crippen LogP contribution in [0.5, 0.6) is 5.75 Å². The molecule has 2 aromatic rings. The summed E-state index contributed by atoms with van der Waals surface area (Å²) in [6.45, 7) is 15.1. The van der Waals surface area contributed by atoms with Crippen molar-refractivity contribution < 1.29 is 23.0 Å². The zero-order chi connectivity index (χ0) is 31.9. The number of carbonyl (C=O) groups is 1. The highest BCUT2D eigenvalue weighted by Gasteiger charge is 2.38. The molecule has 2 N–H and O–H groups in total. The number of piperazine rings is 2. The van der Waals surface area contributed by atoms with Crippen LogP contribution in [-0.4, -0.2) is 115 Å². The third kappa shape index (κ3) is 6.89. The van der Waals surface area contributed by atoms with Crippen molar-refractivity contribution in [2.45, 2.75) is 58.3 Å². The molecule has 2 aromatic carbocycles. The smallest absolute Gasteiger partial charge is 0.410 e. The Balaban J connectivity index is 1.47. The largest absolute Gasteiger partial charge is 0.488 e. The van der Waals surface area contributed by atoms with Crippen molar-refractivity contribution in [1.29, 1.82) is 5.41 Å². The maximum absolute atomic E-state index is 15.1. The van der Waals surface area contributed by atoms with Gasteiger partial charge in [0.05, 0.1) is 16.8 Å². The molecule has 0 unspecified atom stereocenters. The number of hydrogen-bond acceptors (Lipinski definition) is 7. The molecule has 2 fully saturated rings. The highest BCUT2D eigenvalue weighted by atomic mass is 35.5. The standard InChI is InChI=1S/C32H43ClF2N6O3/c1-19-16-41(31(42)44-32(3,4)5)20(2)15-40(19)30(36)24-14-25(33)27(23-8-7-21(34)13-26(23)35)29-28(24)37-22(18-43-29)17-39-11-9-38(6)10-12-39/h7-8,13-14,19-20,22,36-37H,9-12,15-18H2,1-6H3/t19-,20+,22+/m0/s1. The average molecular weight is 633 g/mol. The summed E-state index contributed by atoms with van der Waals surface area (Å²) in [5.74, 6) is -0.880. The van der Waals surface area contributed by atoms with Crippen LogP contribution in [-0.2, 0) is 4.74 Å². The minimum atomic E-state index is -0.749. The van der Waals surface area contributed by atoms with Gasteiger partial charge in [-0.15, -0.1) is 0 Å². The lowest BCUT2D eigenvalue weighted by Gasteiger charge is -2.45. The first-order valence-electron chi connectivity index (χ1n) is 15.2. The van der Waals surface area contributed by atoms with Gasteiger partial charge in [-0.2, -0.15) is 0 Å². The SMILES string of the molecule is C[C@@H]1CN(C(=N)c2cc(Cl)c(-c3ccc(F)cc3F)c3c2N[C@H](CN2CCN(C)CC2)CO3)[C@@H](C)CN1C(=O)OC(C)(C)C. The fraction of sp³-hybridized carbons (Fsp3) is 0.562. The van der Waals surface area contributed by atoms with E-state index in [0.717, 1.165) is 38.8 Å². The highest BCUT2D eigenvalue weighted by Crippen LogP contribution is 2.47. The Bertz CT molecular complexity index is 1410. The lowest BCUT2D eigenvalue weighted by atomic mass is 9.96. The molecular weight excluding hydrogens is 590 g/mol. The third-order valence-corrected chi connectivity index (χ3v) is 8.74. The number of nitrogens with one attached hydrogen (secondary N) is 2. The van der Waals surface area contributed by atoms with Crippen LogP contribution < -0.4 is 10.1 Å². The van der Waals surface area contributed by atoms with E-state index in [1.54, 1.807) is 11.0 Å². The number of likely N-dealkylation sites (N-methyl/N-ethyl adjacent to an activating group) is 1. The number of rotatable bonds is 4. The molecule has 9 nitrogen and oxygen atoms in total. The summed E-state index contributed by atoms with van der Waals surface area (Å²) in [5, 5.41) is 13.2. The molecule has 0 spiro atoms. The number of amidine groups is 1. The van der Waals surface area contributed by atoms with Gasteiger partial charge in [0.1, 0.15) is 29.7 Å². The van der Waals surface area contributed by atoms with E-state index in [-0.39, 0.29) is 40.6 Å². The fourth-order valence-corrected chi connectivity index (χ4v) is 6.38. The van der Waals surface area contributed by atoms with E-state index in [0.29, 0.717) is 42.3 Å². The minimum Gasteiger partial charge on any atom is -0.488 e. The van der Waals surface area contributed by atoms with Gasteiger partial charge in [-0.05, 0) is 59.9 Å². The van der Waals surface area contributed by atoms with E-state index in [1.165, 1.54) is 12.1 Å². The maximum Gasteiger partial charge on any atom is 0.410 e. The number of anilines is 1. The molecule has 0 radical (unpaired) electrons. The van der Waals surface area contributed by atoms with Gasteiger partial charge in [0, 0.05) is 80.7 Å². The molecule has 0 aromatic heterocycles. The van der Waals surface area contributed by atoms with E-state index in [2.05, 4.69) is 22.2 Å². The Hall–Kier alpha value is -3.15. The number of amides is 1. The summed E-state index contributed by atoms with van der Waals surface area (Å²) in [7, 11) is 2.11. The molecule has 3 heterocycles. The van der Waals surface area contributed by atoms with Crippen LogP contribution in [0.3, 0.4) is 0 Å². The van der Waals surface area contributed by atoms with Crippen LogP contribution in [0.15, 0.2) is 24.3 Å². The number of ether oxygens (including phenoxy) is 2. The Labute approximate surface area is 263 Å². The first-order chi connectivity index (χ1) is 20.7. The van der Waals surface area contributed by atoms with Crippen LogP contribution in [0.25, 0.3) is 11.1 Å². The van der Waals surface area contributed by atoms with Crippen LogP contribution in [0.2, 0.25) is 5.02 Å². The molecule has 2 saturated heterocycles. The van der Waals surface area contributed by atoms with E-state index < -0.39 is 17.2 Å². The Morgan fingerprint density at radius 2 is 1.75 bits per heavy atom. The minimum absolute atomic E-state index is 0.0788. The Morgan fingerprint density at radius 1 is 1.09 bits per heavy atom. The van der Waals surface area contributed by atoms with Gasteiger partial charge in [-0.3, -0.25) is 10.3 Å². The predicted molar refractivity (Wildman–Crippen MR) is 169 cm³/mol. The zero-order valence-electron chi connectivity index (χ0n) is 26.3. The van der Waals surface area contributed by atoms with Crippen LogP contribution >= 0.6 is 11.6 Å². The van der Waals surface area contributed by atoms with E-state index >= 15 is 4.39 Å². The van der Waals surface area contributed by atoms with E-state index in [9.17, 15) is 14.6 Å². The van der Waals surface area contributed by atoms with Crippen molar-refractivity contribution in [3.05, 3.63) is 46.5 Å². The second-order valence-corrected chi connectivity index (χ2v) is 13.6. The van der Waals surface area contributed by atoms with E-state index in [4.69, 9.17) is 21.1 Å². The Kier molecular flexibility index (Phi) is 9.30. The summed E-state index contributed by atoms with van der Waals surface area (Å²) in [6.07, 6.45) is -0.379. The van der Waals surface area contributed by atoms with Crippen molar-refractivity contribution in [2.75, 3.05) is 64.8 Å². The number of benzene rings is 2. The summed E-state index contributed by atoms with van der Waals surface area (Å²) >= 11 is 6.83. The zero-order valence-corrected chi connectivity index (χ0v) is 27.1. The van der Waals surface area contributed by atoms with Crippen molar-refractivity contribution in [3.63, 3.8) is 0 Å². The number of hydrogen-bond donors (Lipinski definition) is 2. The van der Waals surface area contributed by atoms with Gasteiger partial charge in [-0.25, -0.2) is 13.6 Å². The number of carbonyl (C=O) groups excluding carboxylic acids is 1. The molecule has 0 aliphatic carbocycles. The molecule has 240 valence electrons. The van der Waals surface area contributed by atoms with Crippen molar-refractivity contribution in [3.8, 4) is 16.9 Å². The van der Waals surface area contributed by atoms with E-state index in [1.807, 2.05) is 39.5 Å². The molecule has 1 amide bonds. The summed E-state index contributed by atoms with van der Waals surface area (Å²) < 4.78 is 40.9. The first kappa shape index (κ1) is 32.2. The highest BCUT2D eigenvalue weighted by molar-refractivity contribution is 6.34. The number of fused-ring (bicyclic) bond motifs is 1. The topological polar surface area (TPSA) is 84.4 Å². The lowest BCUT2D eigenvalue weighted by molar-refractivity contribution is 0.000409. The molecule has 5 rings (SSSR count). The van der Waals surface area contributed by atoms with Crippen molar-refractivity contribution in [1.82, 2.24) is 19.6 Å². The summed E-state index contributed by atoms with van der Waals surface area (Å²) in [4.78, 5) is 21.2. The van der Waals surface area contributed by atoms with Crippen molar-refractivity contribution in [2.24, 2.45) is 0 Å². The van der Waals surface area contributed by atoms with Crippen LogP contribution in [0.4, 0.5) is 19.3 Å². The van der Waals surface area contributed by atoms with Crippen LogP contribution in [0.1, 0.15) is 40.2 Å². The molecule has 3 aliphatic rings. The molecule has 0 bridgehead atoms. The lowest BCUT2D eigenvalue weighted by Crippen LogP contribution is -2.60. The molecule has 3 atom stereocenters. The van der Waals surface area contributed by atoms with Gasteiger partial charge in [-0.1, -0.05) is 11.6 Å². The molecule has 0 saturated carbocycles. The first-order valence-corrected chi connectivity index (χ1v) is 15.6. The van der Waals surface area contributed by atoms with Crippen LogP contribution in [0, 0.1) is 17.0 Å². The predicted octanol–water partition coefficient (Wildman–Crippen LogP) is 5.36. The van der Waals surface area contributed by atoms with Crippen molar-refractivity contribution >= 4 is 29.2 Å². The van der Waals surface area contributed by atoms with Gasteiger partial charge in [0.2, 0.25) is 0 Å². The Morgan fingerprint density at radius 3 is 2.41 bits per heavy atom. The third-order valence-electron chi connectivity index (χ3n) is 8.44. The maximum atomic E-state index is 15.1. The van der Waals surface area contributed by atoms with Gasteiger partial charge >= 0.3 is 6.09 Å². The van der Waals surface area contributed by atoms with Gasteiger partial charge in [0.15, 0.2) is 5.75 Å². The summed E-state index contributed by atoms with van der Waals surface area (Å²) in [6, 6.07) is 4.55. The molecule has 44 heavy (non-hydrogen) atoms. The van der Waals surface area contributed by atoms with Gasteiger partial charge < -0.3 is 29.5 Å². The second-order valence-electron chi connectivity index (χ2n) is 13.2.